The van der Waals surface area contributed by atoms with E-state index in [1.54, 1.807) is 20.4 Å². The van der Waals surface area contributed by atoms with E-state index >= 15 is 0 Å². The van der Waals surface area contributed by atoms with Crippen LogP contribution < -0.4 is 9.47 Å². The summed E-state index contributed by atoms with van der Waals surface area (Å²) in [7, 11) is 3.35. The highest BCUT2D eigenvalue weighted by molar-refractivity contribution is 6.08. The van der Waals surface area contributed by atoms with Crippen LogP contribution in [0.1, 0.15) is 0 Å². The zero-order chi connectivity index (χ0) is 12.5. The topological polar surface area (TPSA) is 31.4 Å². The van der Waals surface area contributed by atoms with Gasteiger partial charge in [-0.15, -0.1) is 0 Å². The van der Waals surface area contributed by atoms with Crippen molar-refractivity contribution in [3.63, 3.8) is 0 Å². The van der Waals surface area contributed by atoms with Crippen molar-refractivity contribution in [2.45, 2.75) is 0 Å². The second-order valence-corrected chi connectivity index (χ2v) is 4.03. The third-order valence-corrected chi connectivity index (χ3v) is 3.13. The number of hydrogen-bond donors (Lipinski definition) is 0. The highest BCUT2D eigenvalue weighted by atomic mass is 16.5. The van der Waals surface area contributed by atoms with Gasteiger partial charge in [0, 0.05) is 22.4 Å². The molecule has 3 rings (SSSR count). The molecule has 0 saturated heterocycles. The molecular formula is C15H13NO2. The molecule has 0 unspecified atom stereocenters. The number of nitrogens with zero attached hydrogens (tertiary/aromatic N) is 1. The molecule has 0 amide bonds. The van der Waals surface area contributed by atoms with Gasteiger partial charge in [-0.1, -0.05) is 12.1 Å². The van der Waals surface area contributed by atoms with Gasteiger partial charge >= 0.3 is 0 Å². The average molecular weight is 239 g/mol. The highest BCUT2D eigenvalue weighted by Gasteiger charge is 2.08. The van der Waals surface area contributed by atoms with E-state index in [1.165, 1.54) is 0 Å². The van der Waals surface area contributed by atoms with E-state index in [-0.39, 0.29) is 0 Å². The normalized spacial score (nSPS) is 10.8. The van der Waals surface area contributed by atoms with Crippen LogP contribution in [0.4, 0.5) is 0 Å². The molecule has 1 aromatic heterocycles. The molecule has 1 heterocycles. The Morgan fingerprint density at radius 2 is 1.50 bits per heavy atom. The zero-order valence-corrected chi connectivity index (χ0v) is 10.3. The van der Waals surface area contributed by atoms with Gasteiger partial charge in [0.05, 0.1) is 19.7 Å². The summed E-state index contributed by atoms with van der Waals surface area (Å²) >= 11 is 0. The molecule has 2 aromatic carbocycles. The number of aromatic nitrogens is 1. The van der Waals surface area contributed by atoms with Crippen LogP contribution in [0.5, 0.6) is 11.5 Å². The highest BCUT2D eigenvalue weighted by Crippen LogP contribution is 2.33. The lowest BCUT2D eigenvalue weighted by Crippen LogP contribution is -1.89. The maximum Gasteiger partial charge on any atom is 0.129 e. The summed E-state index contributed by atoms with van der Waals surface area (Å²) < 4.78 is 10.7. The van der Waals surface area contributed by atoms with Gasteiger partial charge in [0.1, 0.15) is 11.5 Å². The second kappa shape index (κ2) is 4.18. The summed E-state index contributed by atoms with van der Waals surface area (Å²) in [6, 6.07) is 11.9. The SMILES string of the molecule is COc1cccc2c1ccc1c(OC)ccnc12. The molecule has 0 aliphatic carbocycles. The van der Waals surface area contributed by atoms with Crippen LogP contribution in [0.25, 0.3) is 21.7 Å². The predicted molar refractivity (Wildman–Crippen MR) is 72.4 cm³/mol. The summed E-state index contributed by atoms with van der Waals surface area (Å²) in [5, 5.41) is 3.15. The van der Waals surface area contributed by atoms with Crippen molar-refractivity contribution in [3.05, 3.63) is 42.6 Å². The van der Waals surface area contributed by atoms with Gasteiger partial charge in [0.25, 0.3) is 0 Å². The van der Waals surface area contributed by atoms with Crippen molar-refractivity contribution in [1.29, 1.82) is 0 Å². The molecule has 90 valence electrons. The van der Waals surface area contributed by atoms with E-state index in [2.05, 4.69) is 4.98 Å². The van der Waals surface area contributed by atoms with Crippen LogP contribution in [-0.2, 0) is 0 Å². The van der Waals surface area contributed by atoms with Crippen molar-refractivity contribution in [2.24, 2.45) is 0 Å². The van der Waals surface area contributed by atoms with Crippen LogP contribution in [0, 0.1) is 0 Å². The van der Waals surface area contributed by atoms with Crippen LogP contribution in [0.3, 0.4) is 0 Å². The maximum atomic E-state index is 5.37. The number of benzene rings is 2. The first-order chi connectivity index (χ1) is 8.85. The van der Waals surface area contributed by atoms with Crippen molar-refractivity contribution < 1.29 is 9.47 Å². The molecule has 0 aliphatic rings. The first-order valence-corrected chi connectivity index (χ1v) is 5.73. The van der Waals surface area contributed by atoms with Gasteiger partial charge in [-0.05, 0) is 24.3 Å². The van der Waals surface area contributed by atoms with E-state index in [0.717, 1.165) is 33.2 Å². The predicted octanol–water partition coefficient (Wildman–Crippen LogP) is 3.41. The van der Waals surface area contributed by atoms with Gasteiger partial charge in [0.15, 0.2) is 0 Å². The minimum Gasteiger partial charge on any atom is -0.496 e. The average Bonchev–Trinajstić information content (AvgIpc) is 2.45. The third kappa shape index (κ3) is 1.48. The van der Waals surface area contributed by atoms with E-state index in [9.17, 15) is 0 Å². The van der Waals surface area contributed by atoms with Gasteiger partial charge in [-0.25, -0.2) is 0 Å². The molecule has 0 atom stereocenters. The van der Waals surface area contributed by atoms with Crippen LogP contribution in [0.2, 0.25) is 0 Å². The Balaban J connectivity index is 2.47. The lowest BCUT2D eigenvalue weighted by atomic mass is 10.0. The van der Waals surface area contributed by atoms with Gasteiger partial charge in [0.2, 0.25) is 0 Å². The monoisotopic (exact) mass is 239 g/mol. The fourth-order valence-electron chi connectivity index (χ4n) is 2.28. The fraction of sp³-hybridized carbons (Fsp3) is 0.133. The Kier molecular flexibility index (Phi) is 2.52. The van der Waals surface area contributed by atoms with Crippen molar-refractivity contribution in [1.82, 2.24) is 4.98 Å². The number of hydrogen-bond acceptors (Lipinski definition) is 3. The Bertz CT molecular complexity index is 659. The largest absolute Gasteiger partial charge is 0.496 e. The number of rotatable bonds is 2. The summed E-state index contributed by atoms with van der Waals surface area (Å²) in [5.41, 5.74) is 0.936. The number of pyridine rings is 1. The Hall–Kier alpha value is -2.29. The van der Waals surface area contributed by atoms with Gasteiger partial charge in [-0.3, -0.25) is 4.98 Å². The first kappa shape index (κ1) is 10.8. The van der Waals surface area contributed by atoms with Crippen molar-refractivity contribution in [2.75, 3.05) is 14.2 Å². The fourth-order valence-corrected chi connectivity index (χ4v) is 2.28. The zero-order valence-electron chi connectivity index (χ0n) is 10.3. The molecule has 18 heavy (non-hydrogen) atoms. The van der Waals surface area contributed by atoms with Gasteiger partial charge in [-0.2, -0.15) is 0 Å². The van der Waals surface area contributed by atoms with Crippen molar-refractivity contribution >= 4 is 21.7 Å². The van der Waals surface area contributed by atoms with E-state index in [1.807, 2.05) is 36.4 Å². The van der Waals surface area contributed by atoms with Crippen LogP contribution in [-0.4, -0.2) is 19.2 Å². The lowest BCUT2D eigenvalue weighted by Gasteiger charge is -2.09. The maximum absolute atomic E-state index is 5.37. The molecule has 3 nitrogen and oxygen atoms in total. The Morgan fingerprint density at radius 3 is 2.28 bits per heavy atom. The quantitative estimate of drug-likeness (QED) is 0.642. The van der Waals surface area contributed by atoms with Crippen LogP contribution >= 0.6 is 0 Å². The molecule has 0 fully saturated rings. The second-order valence-electron chi connectivity index (χ2n) is 4.03. The summed E-state index contributed by atoms with van der Waals surface area (Å²) in [6.07, 6.45) is 1.76. The molecule has 0 aliphatic heterocycles. The van der Waals surface area contributed by atoms with Crippen molar-refractivity contribution in [3.8, 4) is 11.5 Å². The molecule has 3 heteroatoms. The minimum absolute atomic E-state index is 0.838. The standard InChI is InChI=1S/C15H13NO2/c1-17-13-5-3-4-11-10(13)6-7-12-14(18-2)8-9-16-15(11)12/h3-9H,1-2H3. The molecule has 3 aromatic rings. The minimum atomic E-state index is 0.838. The smallest absolute Gasteiger partial charge is 0.129 e. The number of ether oxygens (including phenoxy) is 2. The number of methoxy groups -OCH3 is 2. The number of fused-ring (bicyclic) bond motifs is 3. The summed E-state index contributed by atoms with van der Waals surface area (Å²) in [5.74, 6) is 1.70. The Labute approximate surface area is 105 Å². The lowest BCUT2D eigenvalue weighted by molar-refractivity contribution is 0.419. The summed E-state index contributed by atoms with van der Waals surface area (Å²) in [6.45, 7) is 0. The molecule has 0 bridgehead atoms. The van der Waals surface area contributed by atoms with Gasteiger partial charge < -0.3 is 9.47 Å². The molecule has 0 spiro atoms. The third-order valence-electron chi connectivity index (χ3n) is 3.13. The van der Waals surface area contributed by atoms with E-state index in [0.29, 0.717) is 0 Å². The molecule has 0 saturated carbocycles. The molecule has 0 radical (unpaired) electrons. The summed E-state index contributed by atoms with van der Waals surface area (Å²) in [4.78, 5) is 4.46. The van der Waals surface area contributed by atoms with E-state index < -0.39 is 0 Å². The molecule has 0 N–H and O–H groups in total. The first-order valence-electron chi connectivity index (χ1n) is 5.73. The van der Waals surface area contributed by atoms with Crippen LogP contribution in [0.15, 0.2) is 42.6 Å². The molecular weight excluding hydrogens is 226 g/mol. The van der Waals surface area contributed by atoms with E-state index in [4.69, 9.17) is 9.47 Å². The Morgan fingerprint density at radius 1 is 0.778 bits per heavy atom.